The molecule has 17 heavy (non-hydrogen) atoms. The van der Waals surface area contributed by atoms with Crippen LogP contribution in [-0.4, -0.2) is 10.7 Å². The third-order valence-corrected chi connectivity index (χ3v) is 3.74. The Morgan fingerprint density at radius 2 is 1.82 bits per heavy atom. The zero-order valence-electron chi connectivity index (χ0n) is 10.6. The lowest BCUT2D eigenvalue weighted by Crippen LogP contribution is -2.40. The summed E-state index contributed by atoms with van der Waals surface area (Å²) in [5.41, 5.74) is -0.0875. The van der Waals surface area contributed by atoms with Crippen LogP contribution in [-0.2, 0) is 6.42 Å². The number of aliphatic hydroxyl groups is 1. The van der Waals surface area contributed by atoms with Crippen molar-refractivity contribution in [1.29, 1.82) is 0 Å². The van der Waals surface area contributed by atoms with Gasteiger partial charge in [0.2, 0.25) is 0 Å². The molecule has 2 unspecified atom stereocenters. The SMILES string of the molecule is CC1CC(C)CC(O)(Cc2ccccc2F)C1. The van der Waals surface area contributed by atoms with Gasteiger partial charge in [0.25, 0.3) is 0 Å². The third kappa shape index (κ3) is 3.06. The first-order valence-electron chi connectivity index (χ1n) is 6.44. The van der Waals surface area contributed by atoms with E-state index in [0.717, 1.165) is 12.8 Å². The first-order valence-corrected chi connectivity index (χ1v) is 6.44. The van der Waals surface area contributed by atoms with Crippen molar-refractivity contribution in [2.24, 2.45) is 11.8 Å². The largest absolute Gasteiger partial charge is 0.390 e. The van der Waals surface area contributed by atoms with Gasteiger partial charge in [0.05, 0.1) is 5.60 Å². The van der Waals surface area contributed by atoms with Crippen LogP contribution in [0.15, 0.2) is 24.3 Å². The predicted octanol–water partition coefficient (Wildman–Crippen LogP) is 3.56. The molecule has 0 bridgehead atoms. The summed E-state index contributed by atoms with van der Waals surface area (Å²) in [4.78, 5) is 0. The Morgan fingerprint density at radius 1 is 1.24 bits per heavy atom. The van der Waals surface area contributed by atoms with Gasteiger partial charge in [0.1, 0.15) is 5.82 Å². The van der Waals surface area contributed by atoms with E-state index in [9.17, 15) is 9.50 Å². The second-order valence-corrected chi connectivity index (χ2v) is 5.85. The highest BCUT2D eigenvalue weighted by Crippen LogP contribution is 2.38. The van der Waals surface area contributed by atoms with Crippen LogP contribution in [0.25, 0.3) is 0 Å². The van der Waals surface area contributed by atoms with Crippen molar-refractivity contribution in [3.8, 4) is 0 Å². The molecule has 1 aromatic carbocycles. The Balaban J connectivity index is 2.14. The summed E-state index contributed by atoms with van der Waals surface area (Å²) in [7, 11) is 0. The molecule has 1 fully saturated rings. The molecule has 0 radical (unpaired) electrons. The summed E-state index contributed by atoms with van der Waals surface area (Å²) in [6.45, 7) is 4.34. The standard InChI is InChI=1S/C15H21FO/c1-11-7-12(2)9-15(17,8-11)10-13-5-3-4-6-14(13)16/h3-6,11-12,17H,7-10H2,1-2H3. The fourth-order valence-electron chi connectivity index (χ4n) is 3.37. The van der Waals surface area contributed by atoms with Crippen LogP contribution in [0.2, 0.25) is 0 Å². The summed E-state index contributed by atoms with van der Waals surface area (Å²) in [6, 6.07) is 6.76. The number of benzene rings is 1. The van der Waals surface area contributed by atoms with Crippen LogP contribution in [0.4, 0.5) is 4.39 Å². The van der Waals surface area contributed by atoms with Crippen molar-refractivity contribution in [3.63, 3.8) is 0 Å². The smallest absolute Gasteiger partial charge is 0.126 e. The summed E-state index contributed by atoms with van der Waals surface area (Å²) < 4.78 is 13.6. The Hall–Kier alpha value is -0.890. The summed E-state index contributed by atoms with van der Waals surface area (Å²) in [5, 5.41) is 10.6. The molecule has 0 spiro atoms. The van der Waals surface area contributed by atoms with Gasteiger partial charge < -0.3 is 5.11 Å². The molecule has 0 aromatic heterocycles. The molecule has 0 amide bonds. The second kappa shape index (κ2) is 4.77. The number of hydrogen-bond donors (Lipinski definition) is 1. The first-order chi connectivity index (χ1) is 7.98. The number of rotatable bonds is 2. The lowest BCUT2D eigenvalue weighted by Gasteiger charge is -2.39. The minimum atomic E-state index is -0.723. The van der Waals surface area contributed by atoms with Crippen LogP contribution in [0.5, 0.6) is 0 Å². The van der Waals surface area contributed by atoms with Gasteiger partial charge in [-0.3, -0.25) is 0 Å². The fourth-order valence-corrected chi connectivity index (χ4v) is 3.37. The molecule has 1 aromatic rings. The van der Waals surface area contributed by atoms with E-state index in [1.807, 2.05) is 6.07 Å². The van der Waals surface area contributed by atoms with Crippen LogP contribution < -0.4 is 0 Å². The maximum atomic E-state index is 13.6. The van der Waals surface area contributed by atoms with Crippen LogP contribution in [0.1, 0.15) is 38.7 Å². The van der Waals surface area contributed by atoms with Crippen molar-refractivity contribution in [1.82, 2.24) is 0 Å². The molecule has 2 rings (SSSR count). The van der Waals surface area contributed by atoms with Gasteiger partial charge in [0, 0.05) is 6.42 Å². The van der Waals surface area contributed by atoms with Crippen molar-refractivity contribution in [2.75, 3.05) is 0 Å². The van der Waals surface area contributed by atoms with Gasteiger partial charge in [-0.05, 0) is 42.7 Å². The Kier molecular flexibility index (Phi) is 3.53. The normalized spacial score (nSPS) is 33.6. The molecular weight excluding hydrogens is 215 g/mol. The van der Waals surface area contributed by atoms with Gasteiger partial charge in [-0.2, -0.15) is 0 Å². The molecule has 1 nitrogen and oxygen atoms in total. The minimum Gasteiger partial charge on any atom is -0.390 e. The molecule has 1 saturated carbocycles. The first kappa shape index (κ1) is 12.6. The lowest BCUT2D eigenvalue weighted by molar-refractivity contribution is -0.0310. The molecule has 0 saturated heterocycles. The zero-order chi connectivity index (χ0) is 12.5. The highest BCUT2D eigenvalue weighted by molar-refractivity contribution is 5.19. The Bertz CT molecular complexity index is 378. The Morgan fingerprint density at radius 3 is 2.41 bits per heavy atom. The molecule has 1 N–H and O–H groups in total. The van der Waals surface area contributed by atoms with E-state index < -0.39 is 5.60 Å². The quantitative estimate of drug-likeness (QED) is 0.832. The van der Waals surface area contributed by atoms with E-state index in [-0.39, 0.29) is 5.82 Å². The Labute approximate surface area is 103 Å². The van der Waals surface area contributed by atoms with Crippen LogP contribution >= 0.6 is 0 Å². The minimum absolute atomic E-state index is 0.202. The maximum absolute atomic E-state index is 13.6. The van der Waals surface area contributed by atoms with E-state index in [2.05, 4.69) is 13.8 Å². The van der Waals surface area contributed by atoms with Crippen molar-refractivity contribution >= 4 is 0 Å². The molecule has 1 aliphatic rings. The zero-order valence-corrected chi connectivity index (χ0v) is 10.6. The van der Waals surface area contributed by atoms with Gasteiger partial charge >= 0.3 is 0 Å². The third-order valence-electron chi connectivity index (χ3n) is 3.74. The van der Waals surface area contributed by atoms with Gasteiger partial charge in [-0.15, -0.1) is 0 Å². The number of halogens is 1. The highest BCUT2D eigenvalue weighted by atomic mass is 19.1. The highest BCUT2D eigenvalue weighted by Gasteiger charge is 2.36. The molecule has 2 atom stereocenters. The molecular formula is C15H21FO. The van der Waals surface area contributed by atoms with Crippen molar-refractivity contribution < 1.29 is 9.50 Å². The number of hydrogen-bond acceptors (Lipinski definition) is 1. The average molecular weight is 236 g/mol. The van der Waals surface area contributed by atoms with Gasteiger partial charge in [-0.1, -0.05) is 32.0 Å². The van der Waals surface area contributed by atoms with Crippen molar-refractivity contribution in [3.05, 3.63) is 35.6 Å². The summed E-state index contributed by atoms with van der Waals surface area (Å²) >= 11 is 0. The monoisotopic (exact) mass is 236 g/mol. The van der Waals surface area contributed by atoms with Gasteiger partial charge in [0.15, 0.2) is 0 Å². The molecule has 0 heterocycles. The van der Waals surface area contributed by atoms with E-state index in [0.29, 0.717) is 23.8 Å². The average Bonchev–Trinajstić information content (AvgIpc) is 2.19. The fraction of sp³-hybridized carbons (Fsp3) is 0.600. The molecule has 0 aliphatic heterocycles. The lowest BCUT2D eigenvalue weighted by atomic mass is 9.71. The maximum Gasteiger partial charge on any atom is 0.126 e. The van der Waals surface area contributed by atoms with Crippen LogP contribution in [0.3, 0.4) is 0 Å². The summed E-state index contributed by atoms with van der Waals surface area (Å²) in [5.74, 6) is 0.845. The van der Waals surface area contributed by atoms with E-state index in [4.69, 9.17) is 0 Å². The second-order valence-electron chi connectivity index (χ2n) is 5.85. The molecule has 1 aliphatic carbocycles. The summed E-state index contributed by atoms with van der Waals surface area (Å²) in [6.07, 6.45) is 3.17. The molecule has 94 valence electrons. The van der Waals surface area contributed by atoms with E-state index in [1.54, 1.807) is 12.1 Å². The van der Waals surface area contributed by atoms with Crippen LogP contribution in [0, 0.1) is 17.7 Å². The van der Waals surface area contributed by atoms with Gasteiger partial charge in [-0.25, -0.2) is 4.39 Å². The molecule has 2 heteroatoms. The predicted molar refractivity (Wildman–Crippen MR) is 67.2 cm³/mol. The topological polar surface area (TPSA) is 20.2 Å². The van der Waals surface area contributed by atoms with Crippen molar-refractivity contribution in [2.45, 2.75) is 45.1 Å². The van der Waals surface area contributed by atoms with E-state index >= 15 is 0 Å². The van der Waals surface area contributed by atoms with E-state index in [1.165, 1.54) is 12.5 Å².